The maximum atomic E-state index is 12.4. The van der Waals surface area contributed by atoms with Crippen molar-refractivity contribution >= 4 is 34.2 Å². The highest BCUT2D eigenvalue weighted by molar-refractivity contribution is 8.13. The van der Waals surface area contributed by atoms with E-state index in [-0.39, 0.29) is 11.4 Å². The molecule has 0 aromatic heterocycles. The molecule has 0 bridgehead atoms. The third-order valence-electron chi connectivity index (χ3n) is 4.09. The molecule has 0 saturated heterocycles. The van der Waals surface area contributed by atoms with Gasteiger partial charge in [0.1, 0.15) is 0 Å². The molecular formula is C18H20N4OS. The van der Waals surface area contributed by atoms with E-state index in [9.17, 15) is 4.79 Å². The van der Waals surface area contributed by atoms with E-state index in [1.807, 2.05) is 24.3 Å². The molecule has 6 heteroatoms. The second-order valence-corrected chi connectivity index (χ2v) is 7.10. The summed E-state index contributed by atoms with van der Waals surface area (Å²) in [5.41, 5.74) is 14.1. The molecule has 124 valence electrons. The van der Waals surface area contributed by atoms with Gasteiger partial charge in [-0.25, -0.2) is 0 Å². The van der Waals surface area contributed by atoms with Crippen molar-refractivity contribution in [2.45, 2.75) is 18.9 Å². The Balaban J connectivity index is 1.83. The van der Waals surface area contributed by atoms with Gasteiger partial charge in [-0.2, -0.15) is 0 Å². The molecule has 0 radical (unpaired) electrons. The van der Waals surface area contributed by atoms with Gasteiger partial charge in [-0.05, 0) is 49.2 Å². The minimum Gasteiger partial charge on any atom is -0.399 e. The monoisotopic (exact) mass is 340 g/mol. The summed E-state index contributed by atoms with van der Waals surface area (Å²) in [5, 5.41) is 3.52. The van der Waals surface area contributed by atoms with Crippen molar-refractivity contribution in [1.82, 2.24) is 0 Å². The fourth-order valence-corrected chi connectivity index (χ4v) is 3.68. The lowest BCUT2D eigenvalue weighted by molar-refractivity contribution is 0.102. The van der Waals surface area contributed by atoms with Crippen molar-refractivity contribution in [2.24, 2.45) is 10.7 Å². The molecule has 5 N–H and O–H groups in total. The number of carbonyl (C=O) groups is 1. The third kappa shape index (κ3) is 3.54. The Morgan fingerprint density at radius 1 is 1.21 bits per heavy atom. The fraction of sp³-hybridized carbons (Fsp3) is 0.222. The van der Waals surface area contributed by atoms with Crippen molar-refractivity contribution < 1.29 is 4.79 Å². The molecule has 0 fully saturated rings. The lowest BCUT2D eigenvalue weighted by Crippen LogP contribution is -2.28. The highest BCUT2D eigenvalue weighted by atomic mass is 32.2. The number of aliphatic imine (C=N–C) groups is 1. The Morgan fingerprint density at radius 2 is 2.00 bits per heavy atom. The zero-order chi connectivity index (χ0) is 17.2. The van der Waals surface area contributed by atoms with Crippen LogP contribution in [0.4, 0.5) is 11.4 Å². The summed E-state index contributed by atoms with van der Waals surface area (Å²) in [6, 6.07) is 14.7. The summed E-state index contributed by atoms with van der Waals surface area (Å²) in [6.07, 6.45) is 0.908. The quantitative estimate of drug-likeness (QED) is 0.748. The Morgan fingerprint density at radius 3 is 2.75 bits per heavy atom. The van der Waals surface area contributed by atoms with Crippen molar-refractivity contribution in [3.05, 3.63) is 59.7 Å². The maximum Gasteiger partial charge on any atom is 0.255 e. The van der Waals surface area contributed by atoms with Crippen LogP contribution in [0.2, 0.25) is 0 Å². The largest absolute Gasteiger partial charge is 0.399 e. The number of anilines is 2. The van der Waals surface area contributed by atoms with Crippen LogP contribution >= 0.6 is 11.8 Å². The number of nitrogens with two attached hydrogens (primary N) is 2. The number of hydrogen-bond donors (Lipinski definition) is 3. The molecule has 1 atom stereocenters. The molecule has 0 aliphatic carbocycles. The van der Waals surface area contributed by atoms with Gasteiger partial charge in [0.05, 0.1) is 5.54 Å². The topological polar surface area (TPSA) is 93.5 Å². The Hall–Kier alpha value is -2.47. The van der Waals surface area contributed by atoms with Crippen LogP contribution in [0.1, 0.15) is 29.3 Å². The van der Waals surface area contributed by atoms with Crippen LogP contribution in [0.5, 0.6) is 0 Å². The number of nitrogen functional groups attached to an aromatic ring is 1. The number of rotatable bonds is 3. The number of benzene rings is 2. The summed E-state index contributed by atoms with van der Waals surface area (Å²) in [6.45, 7) is 2.07. The average molecular weight is 340 g/mol. The molecule has 2 aromatic rings. The molecule has 1 aliphatic rings. The number of hydrogen-bond acceptors (Lipinski definition) is 5. The lowest BCUT2D eigenvalue weighted by atomic mass is 9.89. The molecule has 5 nitrogen and oxygen atoms in total. The number of amides is 1. The first kappa shape index (κ1) is 16.4. The second-order valence-electron chi connectivity index (χ2n) is 5.98. The fourth-order valence-electron chi connectivity index (χ4n) is 2.71. The number of amidine groups is 1. The van der Waals surface area contributed by atoms with Gasteiger partial charge in [0.2, 0.25) is 0 Å². The molecule has 1 unspecified atom stereocenters. The Kier molecular flexibility index (Phi) is 4.49. The summed E-state index contributed by atoms with van der Waals surface area (Å²) in [4.78, 5) is 17.0. The second kappa shape index (κ2) is 6.57. The average Bonchev–Trinajstić information content (AvgIpc) is 2.55. The summed E-state index contributed by atoms with van der Waals surface area (Å²) in [7, 11) is 0. The Labute approximate surface area is 145 Å². The molecule has 1 amide bonds. The number of nitrogens with one attached hydrogen (secondary N) is 1. The van der Waals surface area contributed by atoms with Crippen LogP contribution in [0.25, 0.3) is 0 Å². The van der Waals surface area contributed by atoms with Gasteiger partial charge in [-0.15, -0.1) is 0 Å². The molecule has 24 heavy (non-hydrogen) atoms. The van der Waals surface area contributed by atoms with Gasteiger partial charge >= 0.3 is 0 Å². The van der Waals surface area contributed by atoms with E-state index in [1.165, 1.54) is 0 Å². The molecule has 0 spiro atoms. The minimum absolute atomic E-state index is 0.188. The van der Waals surface area contributed by atoms with E-state index < -0.39 is 0 Å². The van der Waals surface area contributed by atoms with Crippen LogP contribution in [0.15, 0.2) is 53.5 Å². The van der Waals surface area contributed by atoms with Crippen LogP contribution < -0.4 is 16.8 Å². The molecular weight excluding hydrogens is 320 g/mol. The number of thioether (sulfide) groups is 1. The SMILES string of the molecule is CC1(c2cccc(NC(=O)c3cccc(N)c3)c2)CCSC(N)=N1. The molecule has 0 saturated carbocycles. The zero-order valence-electron chi connectivity index (χ0n) is 13.5. The van der Waals surface area contributed by atoms with Gasteiger partial charge in [-0.1, -0.05) is 30.0 Å². The lowest BCUT2D eigenvalue weighted by Gasteiger charge is -2.30. The first-order valence-corrected chi connectivity index (χ1v) is 8.70. The van der Waals surface area contributed by atoms with Gasteiger partial charge in [0, 0.05) is 22.7 Å². The van der Waals surface area contributed by atoms with Crippen molar-refractivity contribution in [3.63, 3.8) is 0 Å². The minimum atomic E-state index is -0.354. The summed E-state index contributed by atoms with van der Waals surface area (Å²) in [5.74, 6) is 0.748. The normalized spacial score (nSPS) is 20.3. The van der Waals surface area contributed by atoms with E-state index in [0.29, 0.717) is 16.4 Å². The van der Waals surface area contributed by atoms with Crippen LogP contribution in [0.3, 0.4) is 0 Å². The highest BCUT2D eigenvalue weighted by Crippen LogP contribution is 2.35. The van der Waals surface area contributed by atoms with Crippen LogP contribution in [-0.2, 0) is 5.54 Å². The van der Waals surface area contributed by atoms with E-state index in [0.717, 1.165) is 23.4 Å². The maximum absolute atomic E-state index is 12.4. The van der Waals surface area contributed by atoms with Gasteiger partial charge in [0.25, 0.3) is 5.91 Å². The van der Waals surface area contributed by atoms with Crippen molar-refractivity contribution in [2.75, 3.05) is 16.8 Å². The third-order valence-corrected chi connectivity index (χ3v) is 4.88. The predicted octanol–water partition coefficient (Wildman–Crippen LogP) is 3.19. The summed E-state index contributed by atoms with van der Waals surface area (Å²) >= 11 is 1.57. The van der Waals surface area contributed by atoms with Gasteiger partial charge < -0.3 is 16.8 Å². The first-order chi connectivity index (χ1) is 11.5. The molecule has 1 heterocycles. The van der Waals surface area contributed by atoms with E-state index >= 15 is 0 Å². The van der Waals surface area contributed by atoms with E-state index in [1.54, 1.807) is 36.0 Å². The highest BCUT2D eigenvalue weighted by Gasteiger charge is 2.29. The van der Waals surface area contributed by atoms with Crippen LogP contribution in [0, 0.1) is 0 Å². The van der Waals surface area contributed by atoms with Crippen molar-refractivity contribution in [3.8, 4) is 0 Å². The Bertz CT molecular complexity index is 805. The van der Waals surface area contributed by atoms with Gasteiger partial charge in [0.15, 0.2) is 5.17 Å². The molecule has 2 aromatic carbocycles. The number of carbonyl (C=O) groups excluding carboxylic acids is 1. The number of nitrogens with zero attached hydrogens (tertiary/aromatic N) is 1. The molecule has 3 rings (SSSR count). The van der Waals surface area contributed by atoms with Crippen molar-refractivity contribution in [1.29, 1.82) is 0 Å². The zero-order valence-corrected chi connectivity index (χ0v) is 14.3. The predicted molar refractivity (Wildman–Crippen MR) is 101 cm³/mol. The van der Waals surface area contributed by atoms with Crippen LogP contribution in [-0.4, -0.2) is 16.8 Å². The van der Waals surface area contributed by atoms with E-state index in [2.05, 4.69) is 17.2 Å². The van der Waals surface area contributed by atoms with E-state index in [4.69, 9.17) is 11.5 Å². The molecule has 1 aliphatic heterocycles. The summed E-state index contributed by atoms with van der Waals surface area (Å²) < 4.78 is 0. The van der Waals surface area contributed by atoms with Gasteiger partial charge in [-0.3, -0.25) is 9.79 Å². The standard InChI is InChI=1S/C18H20N4OS/c1-18(8-9-24-17(20)22-18)13-5-3-7-15(11-13)21-16(23)12-4-2-6-14(19)10-12/h2-7,10-11H,8-9,19H2,1H3,(H2,20,22)(H,21,23). The smallest absolute Gasteiger partial charge is 0.255 e. The first-order valence-electron chi connectivity index (χ1n) is 7.72.